The van der Waals surface area contributed by atoms with Crippen LogP contribution in [0.1, 0.15) is 17.3 Å². The molecular weight excluding hydrogens is 360 g/mol. The number of rotatable bonds is 3. The highest BCUT2D eigenvalue weighted by Crippen LogP contribution is 2.24. The number of hydrogen-bond acceptors (Lipinski definition) is 4. The number of benzene rings is 1. The first-order valence-corrected chi connectivity index (χ1v) is 9.19. The Hall–Kier alpha value is -2.99. The fourth-order valence-corrected chi connectivity index (χ4v) is 3.69. The van der Waals surface area contributed by atoms with Crippen molar-refractivity contribution in [3.8, 4) is 0 Å². The van der Waals surface area contributed by atoms with Gasteiger partial charge in [-0.15, -0.1) is 0 Å². The van der Waals surface area contributed by atoms with Crippen LogP contribution in [0.25, 0.3) is 27.6 Å². The maximum absolute atomic E-state index is 6.25. The molecule has 7 heteroatoms. The lowest BCUT2D eigenvalue weighted by Gasteiger charge is -2.01. The monoisotopic (exact) mass is 376 g/mol. The second kappa shape index (κ2) is 6.03. The van der Waals surface area contributed by atoms with Crippen LogP contribution in [0.2, 0.25) is 5.02 Å². The standard InChI is InChI=1S/C20H17ClN6/c1-12-5-6-14(21)20-23-17(25-27(12)20)9-10-18-24-19-13-4-3-11-22-15(13)7-8-16(19)26(18)2/h3-8,11H,9-10H2,1-2H3. The van der Waals surface area contributed by atoms with Gasteiger partial charge in [-0.3, -0.25) is 4.98 Å². The summed E-state index contributed by atoms with van der Waals surface area (Å²) in [5.41, 5.74) is 4.76. The van der Waals surface area contributed by atoms with E-state index in [1.54, 1.807) is 10.7 Å². The summed E-state index contributed by atoms with van der Waals surface area (Å²) < 4.78 is 3.93. The van der Waals surface area contributed by atoms with Crippen molar-refractivity contribution in [1.29, 1.82) is 0 Å². The van der Waals surface area contributed by atoms with Gasteiger partial charge < -0.3 is 4.57 Å². The second-order valence-electron chi connectivity index (χ2n) is 6.68. The van der Waals surface area contributed by atoms with Crippen LogP contribution in [0.4, 0.5) is 0 Å². The maximum atomic E-state index is 6.25. The molecule has 5 aromatic rings. The predicted molar refractivity (Wildman–Crippen MR) is 106 cm³/mol. The molecule has 5 rings (SSSR count). The van der Waals surface area contributed by atoms with E-state index in [0.29, 0.717) is 17.1 Å². The van der Waals surface area contributed by atoms with Crippen molar-refractivity contribution < 1.29 is 0 Å². The van der Waals surface area contributed by atoms with Gasteiger partial charge in [0.15, 0.2) is 11.5 Å². The Labute approximate surface area is 160 Å². The lowest BCUT2D eigenvalue weighted by atomic mass is 10.2. The SMILES string of the molecule is Cc1ccc(Cl)c2nc(CCc3nc4c5cccnc5ccc4n3C)nn12. The van der Waals surface area contributed by atoms with Crippen LogP contribution in [-0.2, 0) is 19.9 Å². The van der Waals surface area contributed by atoms with Crippen molar-refractivity contribution in [3.63, 3.8) is 0 Å². The number of aromatic nitrogens is 6. The van der Waals surface area contributed by atoms with Gasteiger partial charge in [-0.1, -0.05) is 11.6 Å². The first kappa shape index (κ1) is 16.2. The molecule has 0 fully saturated rings. The van der Waals surface area contributed by atoms with E-state index in [0.717, 1.165) is 45.7 Å². The molecule has 4 heterocycles. The van der Waals surface area contributed by atoms with E-state index in [9.17, 15) is 0 Å². The van der Waals surface area contributed by atoms with Crippen molar-refractivity contribution >= 4 is 39.2 Å². The number of aryl methyl sites for hydroxylation is 4. The molecule has 0 aliphatic heterocycles. The van der Waals surface area contributed by atoms with E-state index in [1.807, 2.05) is 38.2 Å². The summed E-state index contributed by atoms with van der Waals surface area (Å²) >= 11 is 6.25. The van der Waals surface area contributed by atoms with Crippen LogP contribution in [-0.4, -0.2) is 29.1 Å². The average molecular weight is 377 g/mol. The molecular formula is C20H17ClN6. The Kier molecular flexibility index (Phi) is 3.62. The fourth-order valence-electron chi connectivity index (χ4n) is 3.50. The van der Waals surface area contributed by atoms with E-state index in [-0.39, 0.29) is 0 Å². The average Bonchev–Trinajstić information content (AvgIpc) is 3.26. The highest BCUT2D eigenvalue weighted by molar-refractivity contribution is 6.33. The number of pyridine rings is 2. The molecule has 0 N–H and O–H groups in total. The molecule has 0 saturated heterocycles. The Bertz CT molecular complexity index is 1280. The van der Waals surface area contributed by atoms with Gasteiger partial charge in [-0.2, -0.15) is 5.10 Å². The molecule has 4 aromatic heterocycles. The zero-order valence-electron chi connectivity index (χ0n) is 15.0. The van der Waals surface area contributed by atoms with E-state index >= 15 is 0 Å². The summed E-state index contributed by atoms with van der Waals surface area (Å²) in [5, 5.41) is 6.28. The number of nitrogens with zero attached hydrogens (tertiary/aromatic N) is 6. The Morgan fingerprint density at radius 2 is 1.93 bits per heavy atom. The zero-order valence-corrected chi connectivity index (χ0v) is 15.8. The van der Waals surface area contributed by atoms with Gasteiger partial charge in [0.2, 0.25) is 0 Å². The molecule has 0 unspecified atom stereocenters. The Balaban J connectivity index is 1.52. The molecule has 0 atom stereocenters. The Morgan fingerprint density at radius 1 is 1.04 bits per heavy atom. The first-order valence-electron chi connectivity index (χ1n) is 8.81. The van der Waals surface area contributed by atoms with Gasteiger partial charge in [-0.05, 0) is 43.3 Å². The zero-order chi connectivity index (χ0) is 18.5. The van der Waals surface area contributed by atoms with Crippen LogP contribution < -0.4 is 0 Å². The van der Waals surface area contributed by atoms with E-state index in [4.69, 9.17) is 16.6 Å². The van der Waals surface area contributed by atoms with Crippen molar-refractivity contribution in [2.75, 3.05) is 0 Å². The van der Waals surface area contributed by atoms with Gasteiger partial charge in [0, 0.05) is 37.2 Å². The first-order chi connectivity index (χ1) is 13.1. The third kappa shape index (κ3) is 2.56. The van der Waals surface area contributed by atoms with E-state index < -0.39 is 0 Å². The molecule has 6 nitrogen and oxygen atoms in total. The summed E-state index contributed by atoms with van der Waals surface area (Å²) in [7, 11) is 2.05. The predicted octanol–water partition coefficient (Wildman–Crippen LogP) is 3.91. The van der Waals surface area contributed by atoms with Crippen LogP contribution in [0.3, 0.4) is 0 Å². The summed E-state index contributed by atoms with van der Waals surface area (Å²) in [4.78, 5) is 13.9. The molecule has 0 aliphatic carbocycles. The third-order valence-corrected chi connectivity index (χ3v) is 5.26. The number of fused-ring (bicyclic) bond motifs is 4. The van der Waals surface area contributed by atoms with Crippen LogP contribution in [0.5, 0.6) is 0 Å². The molecule has 0 bridgehead atoms. The molecule has 0 radical (unpaired) electrons. The highest BCUT2D eigenvalue weighted by Gasteiger charge is 2.13. The number of imidazole rings is 1. The van der Waals surface area contributed by atoms with Gasteiger partial charge >= 0.3 is 0 Å². The van der Waals surface area contributed by atoms with Crippen LogP contribution in [0.15, 0.2) is 42.6 Å². The van der Waals surface area contributed by atoms with Crippen molar-refractivity contribution in [3.05, 3.63) is 65.0 Å². The summed E-state index contributed by atoms with van der Waals surface area (Å²) in [6.07, 6.45) is 3.26. The minimum Gasteiger partial charge on any atom is -0.331 e. The van der Waals surface area contributed by atoms with Gasteiger partial charge in [0.05, 0.1) is 21.6 Å². The number of hydrogen-bond donors (Lipinski definition) is 0. The lowest BCUT2D eigenvalue weighted by molar-refractivity contribution is 0.753. The molecule has 0 spiro atoms. The molecule has 27 heavy (non-hydrogen) atoms. The van der Waals surface area contributed by atoms with Crippen molar-refractivity contribution in [1.82, 2.24) is 29.1 Å². The maximum Gasteiger partial charge on any atom is 0.174 e. The summed E-state index contributed by atoms with van der Waals surface area (Å²) in [5.74, 6) is 1.77. The summed E-state index contributed by atoms with van der Waals surface area (Å²) in [6, 6.07) is 11.9. The Morgan fingerprint density at radius 3 is 2.78 bits per heavy atom. The topological polar surface area (TPSA) is 60.9 Å². The van der Waals surface area contributed by atoms with Crippen molar-refractivity contribution in [2.45, 2.75) is 19.8 Å². The van der Waals surface area contributed by atoms with E-state index in [2.05, 4.69) is 31.8 Å². The fraction of sp³-hybridized carbons (Fsp3) is 0.200. The van der Waals surface area contributed by atoms with Gasteiger partial charge in [0.1, 0.15) is 5.82 Å². The number of halogens is 1. The van der Waals surface area contributed by atoms with Crippen LogP contribution >= 0.6 is 11.6 Å². The second-order valence-corrected chi connectivity index (χ2v) is 7.08. The third-order valence-electron chi connectivity index (χ3n) is 4.97. The van der Waals surface area contributed by atoms with Crippen molar-refractivity contribution in [2.24, 2.45) is 7.05 Å². The lowest BCUT2D eigenvalue weighted by Crippen LogP contribution is -2.02. The smallest absolute Gasteiger partial charge is 0.174 e. The quantitative estimate of drug-likeness (QED) is 0.479. The normalized spacial score (nSPS) is 11.8. The molecule has 134 valence electrons. The largest absolute Gasteiger partial charge is 0.331 e. The van der Waals surface area contributed by atoms with Crippen LogP contribution in [0, 0.1) is 6.92 Å². The molecule has 0 saturated carbocycles. The van der Waals surface area contributed by atoms with Gasteiger partial charge in [0.25, 0.3) is 0 Å². The highest BCUT2D eigenvalue weighted by atomic mass is 35.5. The molecule has 0 aliphatic rings. The molecule has 1 aromatic carbocycles. The van der Waals surface area contributed by atoms with E-state index in [1.165, 1.54) is 0 Å². The van der Waals surface area contributed by atoms with Gasteiger partial charge in [-0.25, -0.2) is 14.5 Å². The minimum absolute atomic E-state index is 0.612. The molecule has 0 amide bonds. The summed E-state index contributed by atoms with van der Waals surface area (Å²) in [6.45, 7) is 1.99. The minimum atomic E-state index is 0.612.